The molecule has 0 aliphatic rings. The van der Waals surface area contributed by atoms with E-state index in [2.05, 4.69) is 46.9 Å². The minimum Gasteiger partial charge on any atom is -0.756 e. The number of likely N-dealkylation sites (N-methyl/N-ethyl adjacent to an activating group) is 1. The monoisotopic (exact) mass is 641 g/mol. The van der Waals surface area contributed by atoms with E-state index in [-0.39, 0.29) is 13.2 Å². The highest BCUT2D eigenvalue weighted by Crippen LogP contribution is 2.38. The molecule has 2 atom stereocenters. The molecule has 1 aromatic rings. The third-order valence-electron chi connectivity index (χ3n) is 5.96. The molecule has 0 aliphatic carbocycles. The van der Waals surface area contributed by atoms with Crippen molar-refractivity contribution in [2.45, 2.75) is 76.7 Å². The number of halogens is 1. The van der Waals surface area contributed by atoms with Crippen molar-refractivity contribution in [1.82, 2.24) is 0 Å². The van der Waals surface area contributed by atoms with Crippen molar-refractivity contribution < 1.29 is 32.5 Å². The summed E-state index contributed by atoms with van der Waals surface area (Å²) in [5.41, 5.74) is 1.46. The molecule has 0 fully saturated rings. The van der Waals surface area contributed by atoms with Crippen LogP contribution in [0.4, 0.5) is 0 Å². The summed E-state index contributed by atoms with van der Waals surface area (Å²) in [6.45, 7) is 1.51. The lowest BCUT2D eigenvalue weighted by Crippen LogP contribution is -2.37. The van der Waals surface area contributed by atoms with E-state index in [1.165, 1.54) is 74.0 Å². The zero-order valence-electron chi connectivity index (χ0n) is 22.9. The molecular weight excluding hydrogens is 592 g/mol. The second-order valence-corrected chi connectivity index (χ2v) is 13.1. The summed E-state index contributed by atoms with van der Waals surface area (Å²) < 4.78 is 34.6. The van der Waals surface area contributed by atoms with Gasteiger partial charge in [-0.25, -0.2) is 0 Å². The Balaban J connectivity index is 1.92. The Hall–Kier alpha value is -0.0600. The topological polar surface area (TPSA) is 77.1 Å². The number of nitrogens with zero attached hydrogens (tertiary/aromatic N) is 1. The number of ether oxygens (including phenoxy) is 2. The smallest absolute Gasteiger partial charge is 0.268 e. The predicted octanol–water partition coefficient (Wildman–Crippen LogP) is 5.97. The zero-order valence-corrected chi connectivity index (χ0v) is 26.0. The highest BCUT2D eigenvalue weighted by atomic mass is 127. The molecule has 0 saturated carbocycles. The molecule has 0 saturated heterocycles. The van der Waals surface area contributed by atoms with Crippen molar-refractivity contribution in [2.24, 2.45) is 0 Å². The number of quaternary nitrogens is 1. The van der Waals surface area contributed by atoms with Crippen LogP contribution < -0.4 is 4.89 Å². The number of rotatable bonds is 23. The molecule has 0 aromatic heterocycles. The second-order valence-electron chi connectivity index (χ2n) is 10.4. The SMILES string of the molecule is COC(COCCCCCCCCCCCCc1cccc(I)c1)COP(=O)([O-])OCC[N+](C)(C)C. The van der Waals surface area contributed by atoms with E-state index in [1.807, 2.05) is 21.1 Å². The van der Waals surface area contributed by atoms with Gasteiger partial charge in [0.15, 0.2) is 0 Å². The van der Waals surface area contributed by atoms with Crippen molar-refractivity contribution in [3.05, 3.63) is 33.4 Å². The highest BCUT2D eigenvalue weighted by molar-refractivity contribution is 14.1. The summed E-state index contributed by atoms with van der Waals surface area (Å²) in [6, 6.07) is 8.81. The maximum atomic E-state index is 11.9. The zero-order chi connectivity index (χ0) is 26.7. The molecular formula is C27H49INO6P. The summed E-state index contributed by atoms with van der Waals surface area (Å²) >= 11 is 2.38. The van der Waals surface area contributed by atoms with Crippen LogP contribution in [0, 0.1) is 3.57 Å². The van der Waals surface area contributed by atoms with Crippen LogP contribution in [-0.2, 0) is 29.5 Å². The van der Waals surface area contributed by atoms with Gasteiger partial charge in [0.05, 0.1) is 34.4 Å². The number of phosphoric acid groups is 1. The Kier molecular flexibility index (Phi) is 18.8. The van der Waals surface area contributed by atoms with Crippen LogP contribution in [0.2, 0.25) is 0 Å². The van der Waals surface area contributed by atoms with E-state index in [1.54, 1.807) is 0 Å². The maximum absolute atomic E-state index is 11.9. The van der Waals surface area contributed by atoms with Crippen LogP contribution in [0.25, 0.3) is 0 Å². The van der Waals surface area contributed by atoms with Crippen LogP contribution in [-0.4, -0.2) is 71.8 Å². The molecule has 0 N–H and O–H groups in total. The fourth-order valence-electron chi connectivity index (χ4n) is 3.68. The number of methoxy groups -OCH3 is 1. The maximum Gasteiger partial charge on any atom is 0.268 e. The van der Waals surface area contributed by atoms with Crippen molar-refractivity contribution in [3.8, 4) is 0 Å². The molecule has 0 aliphatic heterocycles. The largest absolute Gasteiger partial charge is 0.756 e. The van der Waals surface area contributed by atoms with Crippen LogP contribution in [0.1, 0.15) is 69.8 Å². The lowest BCUT2D eigenvalue weighted by molar-refractivity contribution is -0.870. The van der Waals surface area contributed by atoms with Gasteiger partial charge in [-0.3, -0.25) is 4.57 Å². The van der Waals surface area contributed by atoms with Gasteiger partial charge in [-0.2, -0.15) is 0 Å². The average Bonchev–Trinajstić information content (AvgIpc) is 2.80. The summed E-state index contributed by atoms with van der Waals surface area (Å²) in [5, 5.41) is 0. The van der Waals surface area contributed by atoms with E-state index in [9.17, 15) is 9.46 Å². The van der Waals surface area contributed by atoms with Crippen molar-refractivity contribution in [1.29, 1.82) is 0 Å². The number of hydrogen-bond acceptors (Lipinski definition) is 6. The molecule has 1 rings (SSSR count). The Morgan fingerprint density at radius 1 is 0.889 bits per heavy atom. The number of phosphoric ester groups is 1. The van der Waals surface area contributed by atoms with Gasteiger partial charge < -0.3 is 27.9 Å². The van der Waals surface area contributed by atoms with Crippen LogP contribution >= 0.6 is 30.4 Å². The summed E-state index contributed by atoms with van der Waals surface area (Å²) in [7, 11) is 3.10. The van der Waals surface area contributed by atoms with E-state index in [4.69, 9.17) is 18.5 Å². The summed E-state index contributed by atoms with van der Waals surface area (Å²) in [5.74, 6) is 0. The summed E-state index contributed by atoms with van der Waals surface area (Å²) in [4.78, 5) is 11.9. The van der Waals surface area contributed by atoms with E-state index < -0.39 is 13.9 Å². The third-order valence-corrected chi connectivity index (χ3v) is 7.60. The Bertz CT molecular complexity index is 730. The lowest BCUT2D eigenvalue weighted by atomic mass is 10.0. The van der Waals surface area contributed by atoms with Crippen LogP contribution in [0.5, 0.6) is 0 Å². The van der Waals surface area contributed by atoms with Gasteiger partial charge in [-0.15, -0.1) is 0 Å². The normalized spacial score (nSPS) is 14.6. The fourth-order valence-corrected chi connectivity index (χ4v) is 5.01. The van der Waals surface area contributed by atoms with Crippen LogP contribution in [0.3, 0.4) is 0 Å². The first-order valence-electron chi connectivity index (χ1n) is 13.4. The molecule has 0 spiro atoms. The molecule has 0 radical (unpaired) electrons. The van der Waals surface area contributed by atoms with Gasteiger partial charge in [0, 0.05) is 17.3 Å². The molecule has 0 heterocycles. The fraction of sp³-hybridized carbons (Fsp3) is 0.778. The van der Waals surface area contributed by atoms with Gasteiger partial charge in [-0.1, -0.05) is 63.5 Å². The quantitative estimate of drug-likeness (QED) is 0.0634. The van der Waals surface area contributed by atoms with Gasteiger partial charge in [0.25, 0.3) is 7.82 Å². The first-order valence-corrected chi connectivity index (χ1v) is 15.9. The van der Waals surface area contributed by atoms with E-state index >= 15 is 0 Å². The summed E-state index contributed by atoms with van der Waals surface area (Å²) in [6.07, 6.45) is 13.4. The Labute approximate surface area is 233 Å². The van der Waals surface area contributed by atoms with Gasteiger partial charge in [-0.05, 0) is 59.5 Å². The van der Waals surface area contributed by atoms with Crippen molar-refractivity contribution in [3.63, 3.8) is 0 Å². The van der Waals surface area contributed by atoms with Gasteiger partial charge >= 0.3 is 0 Å². The Morgan fingerprint density at radius 3 is 2.08 bits per heavy atom. The number of unbranched alkanes of at least 4 members (excludes halogenated alkanes) is 9. The van der Waals surface area contributed by atoms with Crippen LogP contribution in [0.15, 0.2) is 24.3 Å². The lowest BCUT2D eigenvalue weighted by Gasteiger charge is -2.28. The number of hydrogen-bond donors (Lipinski definition) is 0. The first kappa shape index (κ1) is 34.0. The van der Waals surface area contributed by atoms with Crippen molar-refractivity contribution in [2.75, 3.05) is 61.2 Å². The highest BCUT2D eigenvalue weighted by Gasteiger charge is 2.16. The second kappa shape index (κ2) is 19.9. The average molecular weight is 642 g/mol. The molecule has 210 valence electrons. The molecule has 36 heavy (non-hydrogen) atoms. The van der Waals surface area contributed by atoms with Gasteiger partial charge in [0.1, 0.15) is 19.3 Å². The number of aryl methyl sites for hydroxylation is 1. The molecule has 1 aromatic carbocycles. The van der Waals surface area contributed by atoms with E-state index in [0.29, 0.717) is 24.2 Å². The minimum absolute atomic E-state index is 0.0900. The molecule has 2 unspecified atom stereocenters. The standard InChI is InChI=1S/C27H49INO6P/c1-29(2,3)19-21-34-36(30,31)35-24-27(32-4)23-33-20-14-12-10-8-6-5-7-9-11-13-16-25-17-15-18-26(28)22-25/h15,17-18,22,27H,5-14,16,19-21,23-24H2,1-4H3. The van der Waals surface area contributed by atoms with Crippen molar-refractivity contribution >= 4 is 30.4 Å². The predicted molar refractivity (Wildman–Crippen MR) is 153 cm³/mol. The molecule has 7 nitrogen and oxygen atoms in total. The first-order chi connectivity index (χ1) is 17.1. The molecule has 0 amide bonds. The minimum atomic E-state index is -4.33. The number of benzene rings is 1. The Morgan fingerprint density at radius 2 is 1.50 bits per heavy atom. The van der Waals surface area contributed by atoms with E-state index in [0.717, 1.165) is 12.8 Å². The third kappa shape index (κ3) is 20.0. The molecule has 0 bridgehead atoms. The van der Waals surface area contributed by atoms with Gasteiger partial charge in [0.2, 0.25) is 0 Å². The molecule has 9 heteroatoms.